The molecule has 1 heterocycles. The SMILES string of the molecule is CCOCCN(CC)c1ncc(N)c(C)c1Br. The standard InChI is InChI=1S/C12H20BrN3O/c1-4-16(6-7-17-5-2)12-11(13)9(3)10(14)8-15-12/h8H,4-7,14H2,1-3H3. The van der Waals surface area contributed by atoms with E-state index in [4.69, 9.17) is 10.5 Å². The molecule has 17 heavy (non-hydrogen) atoms. The molecule has 0 saturated heterocycles. The van der Waals surface area contributed by atoms with Crippen molar-refractivity contribution >= 4 is 27.4 Å². The molecular formula is C12H20BrN3O. The Morgan fingerprint density at radius 2 is 2.18 bits per heavy atom. The smallest absolute Gasteiger partial charge is 0.143 e. The average molecular weight is 302 g/mol. The van der Waals surface area contributed by atoms with E-state index < -0.39 is 0 Å². The zero-order valence-electron chi connectivity index (χ0n) is 10.7. The van der Waals surface area contributed by atoms with Crippen LogP contribution in [-0.2, 0) is 4.74 Å². The molecule has 0 atom stereocenters. The number of nitrogens with two attached hydrogens (primary N) is 1. The van der Waals surface area contributed by atoms with Gasteiger partial charge in [0.25, 0.3) is 0 Å². The Bertz CT molecular complexity index is 371. The van der Waals surface area contributed by atoms with E-state index in [1.165, 1.54) is 0 Å². The molecule has 96 valence electrons. The van der Waals surface area contributed by atoms with E-state index in [2.05, 4.69) is 32.7 Å². The zero-order chi connectivity index (χ0) is 12.8. The highest BCUT2D eigenvalue weighted by atomic mass is 79.9. The van der Waals surface area contributed by atoms with Gasteiger partial charge in [-0.15, -0.1) is 0 Å². The van der Waals surface area contributed by atoms with Gasteiger partial charge in [0.15, 0.2) is 0 Å². The maximum absolute atomic E-state index is 5.82. The number of aromatic nitrogens is 1. The number of halogens is 1. The summed E-state index contributed by atoms with van der Waals surface area (Å²) in [5, 5.41) is 0. The van der Waals surface area contributed by atoms with Crippen LogP contribution in [0.4, 0.5) is 11.5 Å². The van der Waals surface area contributed by atoms with Crippen LogP contribution < -0.4 is 10.6 Å². The van der Waals surface area contributed by atoms with E-state index in [0.29, 0.717) is 12.3 Å². The van der Waals surface area contributed by atoms with Crippen molar-refractivity contribution in [1.29, 1.82) is 0 Å². The first-order chi connectivity index (χ1) is 8.11. The van der Waals surface area contributed by atoms with Crippen molar-refractivity contribution in [1.82, 2.24) is 4.98 Å². The minimum absolute atomic E-state index is 0.710. The maximum Gasteiger partial charge on any atom is 0.143 e. The van der Waals surface area contributed by atoms with Gasteiger partial charge in [0.05, 0.1) is 23.0 Å². The molecule has 0 aliphatic rings. The van der Waals surface area contributed by atoms with Crippen LogP contribution in [0.25, 0.3) is 0 Å². The zero-order valence-corrected chi connectivity index (χ0v) is 12.2. The second-order valence-electron chi connectivity index (χ2n) is 3.75. The van der Waals surface area contributed by atoms with Crippen LogP contribution in [0.1, 0.15) is 19.4 Å². The average Bonchev–Trinajstić information content (AvgIpc) is 2.33. The number of ether oxygens (including phenoxy) is 1. The number of hydrogen-bond acceptors (Lipinski definition) is 4. The third-order valence-electron chi connectivity index (χ3n) is 2.68. The Hall–Kier alpha value is -0.810. The Morgan fingerprint density at radius 1 is 1.47 bits per heavy atom. The highest BCUT2D eigenvalue weighted by Crippen LogP contribution is 2.30. The predicted molar refractivity (Wildman–Crippen MR) is 75.5 cm³/mol. The molecule has 1 rings (SSSR count). The second kappa shape index (κ2) is 6.81. The molecular weight excluding hydrogens is 282 g/mol. The Balaban J connectivity index is 2.85. The number of rotatable bonds is 6. The van der Waals surface area contributed by atoms with Gasteiger partial charge in [-0.05, 0) is 42.3 Å². The normalized spacial score (nSPS) is 10.6. The van der Waals surface area contributed by atoms with Gasteiger partial charge in [-0.1, -0.05) is 0 Å². The summed E-state index contributed by atoms with van der Waals surface area (Å²) in [6.07, 6.45) is 1.71. The van der Waals surface area contributed by atoms with Gasteiger partial charge < -0.3 is 15.4 Å². The molecule has 0 fully saturated rings. The van der Waals surface area contributed by atoms with Crippen LogP contribution in [0, 0.1) is 6.92 Å². The molecule has 0 radical (unpaired) electrons. The number of pyridine rings is 1. The molecule has 2 N–H and O–H groups in total. The lowest BCUT2D eigenvalue weighted by Crippen LogP contribution is -2.28. The number of likely N-dealkylation sites (N-methyl/N-ethyl adjacent to an activating group) is 1. The molecule has 1 aromatic rings. The van der Waals surface area contributed by atoms with Crippen molar-refractivity contribution in [2.75, 3.05) is 36.9 Å². The van der Waals surface area contributed by atoms with Crippen LogP contribution in [0.3, 0.4) is 0 Å². The lowest BCUT2D eigenvalue weighted by Gasteiger charge is -2.24. The van der Waals surface area contributed by atoms with Crippen molar-refractivity contribution in [2.24, 2.45) is 0 Å². The van der Waals surface area contributed by atoms with Crippen LogP contribution >= 0.6 is 15.9 Å². The lowest BCUT2D eigenvalue weighted by atomic mass is 10.2. The Morgan fingerprint density at radius 3 is 2.76 bits per heavy atom. The summed E-state index contributed by atoms with van der Waals surface area (Å²) in [4.78, 5) is 6.56. The van der Waals surface area contributed by atoms with Crippen LogP contribution in [0.2, 0.25) is 0 Å². The summed E-state index contributed by atoms with van der Waals surface area (Å²) >= 11 is 3.56. The minimum Gasteiger partial charge on any atom is -0.397 e. The van der Waals surface area contributed by atoms with Crippen LogP contribution in [0.15, 0.2) is 10.7 Å². The molecule has 1 aromatic heterocycles. The van der Waals surface area contributed by atoms with Gasteiger partial charge in [0.1, 0.15) is 5.82 Å². The number of hydrogen-bond donors (Lipinski definition) is 1. The minimum atomic E-state index is 0.710. The molecule has 0 aliphatic carbocycles. The summed E-state index contributed by atoms with van der Waals surface area (Å²) in [6, 6.07) is 0. The molecule has 0 aromatic carbocycles. The maximum atomic E-state index is 5.82. The summed E-state index contributed by atoms with van der Waals surface area (Å²) in [7, 11) is 0. The summed E-state index contributed by atoms with van der Waals surface area (Å²) < 4.78 is 6.34. The summed E-state index contributed by atoms with van der Waals surface area (Å²) in [6.45, 7) is 9.26. The van der Waals surface area contributed by atoms with Gasteiger partial charge in [-0.25, -0.2) is 4.98 Å². The van der Waals surface area contributed by atoms with Gasteiger partial charge in [-0.3, -0.25) is 0 Å². The van der Waals surface area contributed by atoms with Crippen molar-refractivity contribution in [3.05, 3.63) is 16.2 Å². The topological polar surface area (TPSA) is 51.4 Å². The van der Waals surface area contributed by atoms with Crippen LogP contribution in [-0.4, -0.2) is 31.3 Å². The Kier molecular flexibility index (Phi) is 5.71. The number of nitrogens with zero attached hydrogens (tertiary/aromatic N) is 2. The van der Waals surface area contributed by atoms with E-state index in [1.807, 2.05) is 13.8 Å². The highest BCUT2D eigenvalue weighted by Gasteiger charge is 2.13. The van der Waals surface area contributed by atoms with Crippen molar-refractivity contribution < 1.29 is 4.74 Å². The monoisotopic (exact) mass is 301 g/mol. The van der Waals surface area contributed by atoms with E-state index in [9.17, 15) is 0 Å². The van der Waals surface area contributed by atoms with Gasteiger partial charge >= 0.3 is 0 Å². The van der Waals surface area contributed by atoms with Crippen molar-refractivity contribution in [3.8, 4) is 0 Å². The lowest BCUT2D eigenvalue weighted by molar-refractivity contribution is 0.154. The van der Waals surface area contributed by atoms with E-state index in [-0.39, 0.29) is 0 Å². The van der Waals surface area contributed by atoms with Gasteiger partial charge in [-0.2, -0.15) is 0 Å². The van der Waals surface area contributed by atoms with Gasteiger partial charge in [0.2, 0.25) is 0 Å². The number of nitrogen functional groups attached to an aromatic ring is 1. The fourth-order valence-corrected chi connectivity index (χ4v) is 2.11. The van der Waals surface area contributed by atoms with E-state index in [1.54, 1.807) is 6.20 Å². The largest absolute Gasteiger partial charge is 0.397 e. The molecule has 0 saturated carbocycles. The third-order valence-corrected chi connectivity index (χ3v) is 3.62. The third kappa shape index (κ3) is 3.57. The highest BCUT2D eigenvalue weighted by molar-refractivity contribution is 9.10. The molecule has 4 nitrogen and oxygen atoms in total. The summed E-state index contributed by atoms with van der Waals surface area (Å²) in [5.41, 5.74) is 7.56. The molecule has 0 unspecified atom stereocenters. The summed E-state index contributed by atoms with van der Waals surface area (Å²) in [5.74, 6) is 0.930. The fraction of sp³-hybridized carbons (Fsp3) is 0.583. The first kappa shape index (κ1) is 14.3. The van der Waals surface area contributed by atoms with E-state index >= 15 is 0 Å². The van der Waals surface area contributed by atoms with Crippen molar-refractivity contribution in [2.45, 2.75) is 20.8 Å². The molecule has 0 spiro atoms. The Labute approximate surface area is 111 Å². The number of anilines is 2. The van der Waals surface area contributed by atoms with Gasteiger partial charge in [0, 0.05) is 19.7 Å². The second-order valence-corrected chi connectivity index (χ2v) is 4.55. The van der Waals surface area contributed by atoms with Crippen molar-refractivity contribution in [3.63, 3.8) is 0 Å². The van der Waals surface area contributed by atoms with E-state index in [0.717, 1.165) is 35.6 Å². The molecule has 0 bridgehead atoms. The molecule has 0 aliphatic heterocycles. The van der Waals surface area contributed by atoms with Crippen LogP contribution in [0.5, 0.6) is 0 Å². The first-order valence-electron chi connectivity index (χ1n) is 5.85. The molecule has 0 amide bonds. The quantitative estimate of drug-likeness (QED) is 0.821. The fourth-order valence-electron chi connectivity index (χ4n) is 1.53. The molecule has 5 heteroatoms. The first-order valence-corrected chi connectivity index (χ1v) is 6.64. The predicted octanol–water partition coefficient (Wildman–Crippen LogP) is 2.60.